The molecular weight excluding hydrogens is 266 g/mol. The van der Waals surface area contributed by atoms with Crippen molar-refractivity contribution in [1.82, 2.24) is 4.72 Å². The number of sulfonamides is 1. The Morgan fingerprint density at radius 1 is 1.37 bits per heavy atom. The van der Waals surface area contributed by atoms with E-state index in [1.807, 2.05) is 0 Å². The molecule has 0 bridgehead atoms. The zero-order valence-electron chi connectivity index (χ0n) is 11.7. The molecule has 0 aromatic heterocycles. The van der Waals surface area contributed by atoms with Gasteiger partial charge in [0.25, 0.3) is 0 Å². The van der Waals surface area contributed by atoms with E-state index in [1.54, 1.807) is 32.9 Å². The zero-order valence-corrected chi connectivity index (χ0v) is 12.5. The Bertz CT molecular complexity index is 538. The summed E-state index contributed by atoms with van der Waals surface area (Å²) < 4.78 is 32.2. The molecule has 2 N–H and O–H groups in total. The number of aliphatic hydroxyl groups is 1. The first-order valence-electron chi connectivity index (χ1n) is 5.97. The molecule has 0 aliphatic carbocycles. The van der Waals surface area contributed by atoms with Crippen molar-refractivity contribution in [3.05, 3.63) is 29.3 Å². The summed E-state index contributed by atoms with van der Waals surface area (Å²) in [7, 11) is -2.07. The summed E-state index contributed by atoms with van der Waals surface area (Å²) in [5.74, 6) is 0. The van der Waals surface area contributed by atoms with Gasteiger partial charge < -0.3 is 9.84 Å². The van der Waals surface area contributed by atoms with E-state index in [0.29, 0.717) is 11.1 Å². The second kappa shape index (κ2) is 6.00. The number of aliphatic hydroxyl groups excluding tert-OH is 1. The maximum absolute atomic E-state index is 12.2. The van der Waals surface area contributed by atoms with E-state index >= 15 is 0 Å². The summed E-state index contributed by atoms with van der Waals surface area (Å²) in [6, 6.07) is 4.85. The third-order valence-corrected chi connectivity index (χ3v) is 4.64. The Kier molecular flexibility index (Phi) is 5.09. The van der Waals surface area contributed by atoms with Gasteiger partial charge in [0.1, 0.15) is 0 Å². The molecule has 108 valence electrons. The molecule has 0 radical (unpaired) electrons. The number of methoxy groups -OCH3 is 1. The molecular formula is C13H21NO4S. The molecule has 0 saturated carbocycles. The maximum atomic E-state index is 12.2. The molecule has 0 amide bonds. The monoisotopic (exact) mass is 287 g/mol. The predicted molar refractivity (Wildman–Crippen MR) is 73.4 cm³/mol. The molecule has 1 aromatic rings. The minimum atomic E-state index is -3.61. The van der Waals surface area contributed by atoms with Crippen LogP contribution in [0.1, 0.15) is 25.0 Å². The first kappa shape index (κ1) is 16.1. The second-order valence-corrected chi connectivity index (χ2v) is 6.72. The van der Waals surface area contributed by atoms with Crippen molar-refractivity contribution in [2.45, 2.75) is 37.9 Å². The van der Waals surface area contributed by atoms with Gasteiger partial charge in [-0.1, -0.05) is 12.1 Å². The fourth-order valence-corrected chi connectivity index (χ4v) is 3.03. The molecule has 6 heteroatoms. The molecule has 19 heavy (non-hydrogen) atoms. The highest BCUT2D eigenvalue weighted by atomic mass is 32.2. The van der Waals surface area contributed by atoms with Crippen LogP contribution in [0.2, 0.25) is 0 Å². The van der Waals surface area contributed by atoms with E-state index in [1.165, 1.54) is 13.2 Å². The van der Waals surface area contributed by atoms with Crippen LogP contribution in [0.4, 0.5) is 0 Å². The van der Waals surface area contributed by atoms with E-state index in [-0.39, 0.29) is 18.0 Å². The van der Waals surface area contributed by atoms with E-state index in [4.69, 9.17) is 4.74 Å². The summed E-state index contributed by atoms with van der Waals surface area (Å²) in [5.41, 5.74) is 0.594. The Balaban J connectivity index is 3.02. The van der Waals surface area contributed by atoms with Crippen LogP contribution in [0.25, 0.3) is 0 Å². The van der Waals surface area contributed by atoms with Crippen molar-refractivity contribution in [3.8, 4) is 0 Å². The Labute approximate surface area is 114 Å². The van der Waals surface area contributed by atoms with Crippen LogP contribution in [0, 0.1) is 6.92 Å². The number of benzene rings is 1. The largest absolute Gasteiger partial charge is 0.392 e. The Morgan fingerprint density at radius 3 is 2.53 bits per heavy atom. The topological polar surface area (TPSA) is 75.6 Å². The number of ether oxygens (including phenoxy) is 1. The average molecular weight is 287 g/mol. The molecule has 0 atom stereocenters. The van der Waals surface area contributed by atoms with Crippen LogP contribution in [-0.4, -0.2) is 32.8 Å². The Hall–Kier alpha value is -0.950. The maximum Gasteiger partial charge on any atom is 0.240 e. The first-order valence-corrected chi connectivity index (χ1v) is 7.46. The number of nitrogens with one attached hydrogen (secondary N) is 1. The lowest BCUT2D eigenvalue weighted by molar-refractivity contribution is 0.0276. The van der Waals surface area contributed by atoms with E-state index < -0.39 is 15.6 Å². The standard InChI is InChI=1S/C13H21NO4S/c1-10-11(8-15)6-5-7-12(10)19(16,17)14-9-13(2,3)18-4/h5-7,14-15H,8-9H2,1-4H3. The molecule has 5 nitrogen and oxygen atoms in total. The highest BCUT2D eigenvalue weighted by Gasteiger charge is 2.23. The molecule has 0 saturated heterocycles. The molecule has 0 aliphatic rings. The molecule has 0 unspecified atom stereocenters. The summed E-state index contributed by atoms with van der Waals surface area (Å²) in [4.78, 5) is 0.186. The van der Waals surface area contributed by atoms with Gasteiger partial charge >= 0.3 is 0 Å². The summed E-state index contributed by atoms with van der Waals surface area (Å²) in [5, 5.41) is 9.17. The van der Waals surface area contributed by atoms with Crippen molar-refractivity contribution < 1.29 is 18.3 Å². The van der Waals surface area contributed by atoms with Crippen molar-refractivity contribution in [3.63, 3.8) is 0 Å². The van der Waals surface area contributed by atoms with Gasteiger partial charge in [-0.25, -0.2) is 13.1 Å². The lowest BCUT2D eigenvalue weighted by Crippen LogP contribution is -2.39. The molecule has 0 fully saturated rings. The van der Waals surface area contributed by atoms with E-state index in [2.05, 4.69) is 4.72 Å². The van der Waals surface area contributed by atoms with Crippen LogP contribution < -0.4 is 4.72 Å². The minimum Gasteiger partial charge on any atom is -0.392 e. The summed E-state index contributed by atoms with van der Waals surface area (Å²) in [6.45, 7) is 5.27. The zero-order chi connectivity index (χ0) is 14.7. The van der Waals surface area contributed by atoms with Crippen molar-refractivity contribution in [1.29, 1.82) is 0 Å². The van der Waals surface area contributed by atoms with Gasteiger partial charge in [0.05, 0.1) is 17.1 Å². The van der Waals surface area contributed by atoms with Crippen LogP contribution >= 0.6 is 0 Å². The van der Waals surface area contributed by atoms with Gasteiger partial charge in [-0.15, -0.1) is 0 Å². The van der Waals surface area contributed by atoms with Gasteiger partial charge in [0, 0.05) is 13.7 Å². The highest BCUT2D eigenvalue weighted by Crippen LogP contribution is 2.19. The van der Waals surface area contributed by atoms with Gasteiger partial charge in [-0.2, -0.15) is 0 Å². The predicted octanol–water partition coefficient (Wildman–Crippen LogP) is 1.19. The number of hydrogen-bond acceptors (Lipinski definition) is 4. The van der Waals surface area contributed by atoms with Crippen LogP contribution in [0.3, 0.4) is 0 Å². The lowest BCUT2D eigenvalue weighted by atomic mass is 10.1. The van der Waals surface area contributed by atoms with E-state index in [0.717, 1.165) is 0 Å². The fourth-order valence-electron chi connectivity index (χ4n) is 1.54. The molecule has 0 heterocycles. The van der Waals surface area contributed by atoms with Gasteiger partial charge in [-0.3, -0.25) is 0 Å². The molecule has 0 aliphatic heterocycles. The second-order valence-electron chi connectivity index (χ2n) is 4.99. The van der Waals surface area contributed by atoms with Crippen LogP contribution in [0.15, 0.2) is 23.1 Å². The SMILES string of the molecule is COC(C)(C)CNS(=O)(=O)c1cccc(CO)c1C. The average Bonchev–Trinajstić information content (AvgIpc) is 2.37. The third kappa shape index (κ3) is 4.01. The molecule has 1 aromatic carbocycles. The van der Waals surface area contributed by atoms with Crippen molar-refractivity contribution in [2.75, 3.05) is 13.7 Å². The normalized spacial score (nSPS) is 12.7. The van der Waals surface area contributed by atoms with Gasteiger partial charge in [0.15, 0.2) is 0 Å². The third-order valence-electron chi connectivity index (χ3n) is 3.10. The number of rotatable bonds is 6. The smallest absolute Gasteiger partial charge is 0.240 e. The highest BCUT2D eigenvalue weighted by molar-refractivity contribution is 7.89. The van der Waals surface area contributed by atoms with Crippen LogP contribution in [0.5, 0.6) is 0 Å². The van der Waals surface area contributed by atoms with Crippen molar-refractivity contribution in [2.24, 2.45) is 0 Å². The lowest BCUT2D eigenvalue weighted by Gasteiger charge is -2.23. The molecule has 0 spiro atoms. The number of hydrogen-bond donors (Lipinski definition) is 2. The van der Waals surface area contributed by atoms with Crippen LogP contribution in [-0.2, 0) is 21.4 Å². The molecule has 1 rings (SSSR count). The minimum absolute atomic E-state index is 0.175. The van der Waals surface area contributed by atoms with Crippen molar-refractivity contribution >= 4 is 10.0 Å². The fraction of sp³-hybridized carbons (Fsp3) is 0.538. The summed E-state index contributed by atoms with van der Waals surface area (Å²) in [6.07, 6.45) is 0. The first-order chi connectivity index (χ1) is 8.73. The summed E-state index contributed by atoms with van der Waals surface area (Å²) >= 11 is 0. The quantitative estimate of drug-likeness (QED) is 0.824. The van der Waals surface area contributed by atoms with E-state index in [9.17, 15) is 13.5 Å². The van der Waals surface area contributed by atoms with Gasteiger partial charge in [-0.05, 0) is 38.0 Å². The Morgan fingerprint density at radius 2 is 2.00 bits per heavy atom. The van der Waals surface area contributed by atoms with Gasteiger partial charge in [0.2, 0.25) is 10.0 Å².